The van der Waals surface area contributed by atoms with E-state index in [1.54, 1.807) is 0 Å². The smallest absolute Gasteiger partial charge is 0.164 e. The molecule has 0 aliphatic carbocycles. The molecule has 0 aliphatic rings. The lowest BCUT2D eigenvalue weighted by Crippen LogP contribution is -2.37. The van der Waals surface area contributed by atoms with Crippen LogP contribution >= 0.6 is 0 Å². The van der Waals surface area contributed by atoms with Crippen LogP contribution in [-0.2, 0) is 0 Å². The molecule has 7 rings (SSSR count). The van der Waals surface area contributed by atoms with E-state index in [2.05, 4.69) is 166 Å². The third-order valence-electron chi connectivity index (χ3n) is 9.13. The van der Waals surface area contributed by atoms with Crippen LogP contribution < -0.4 is 10.4 Å². The van der Waals surface area contributed by atoms with Gasteiger partial charge in [-0.05, 0) is 52.6 Å². The second kappa shape index (κ2) is 13.5. The average molecular weight is 683 g/mol. The molecule has 0 unspecified atom stereocenters. The summed E-state index contributed by atoms with van der Waals surface area (Å²) >= 11 is 0. The molecular weight excluding hydrogens is 641 g/mol. The van der Waals surface area contributed by atoms with E-state index in [0.717, 1.165) is 50.2 Å². The molecule has 246 valence electrons. The van der Waals surface area contributed by atoms with Crippen molar-refractivity contribution < 1.29 is 0 Å². The van der Waals surface area contributed by atoms with Crippen molar-refractivity contribution in [3.8, 4) is 67.7 Å². The maximum atomic E-state index is 5.08. The number of benzene rings is 5. The number of nitrogens with zero attached hydrogens (tertiary/aromatic N) is 4. The molecular formula is C44H42N4Si2. The molecule has 4 nitrogen and oxygen atoms in total. The maximum Gasteiger partial charge on any atom is 0.164 e. The van der Waals surface area contributed by atoms with Crippen LogP contribution in [0.15, 0.2) is 146 Å². The second-order valence-corrected chi connectivity index (χ2v) is 25.1. The summed E-state index contributed by atoms with van der Waals surface area (Å²) in [4.78, 5) is 19.7. The van der Waals surface area contributed by atoms with Crippen molar-refractivity contribution in [2.45, 2.75) is 39.3 Å². The van der Waals surface area contributed by atoms with Gasteiger partial charge >= 0.3 is 0 Å². The summed E-state index contributed by atoms with van der Waals surface area (Å²) in [5.41, 5.74) is 9.54. The van der Waals surface area contributed by atoms with E-state index in [4.69, 9.17) is 15.0 Å². The normalized spacial score (nSPS) is 11.8. The summed E-state index contributed by atoms with van der Waals surface area (Å²) < 4.78 is 0. The zero-order valence-corrected chi connectivity index (χ0v) is 31.6. The molecule has 2 aromatic heterocycles. The summed E-state index contributed by atoms with van der Waals surface area (Å²) in [5.74, 6) is 2.03. The van der Waals surface area contributed by atoms with Gasteiger partial charge in [-0.2, -0.15) is 0 Å². The topological polar surface area (TPSA) is 51.6 Å². The van der Waals surface area contributed by atoms with Crippen molar-refractivity contribution in [2.24, 2.45) is 0 Å². The monoisotopic (exact) mass is 682 g/mol. The minimum Gasteiger partial charge on any atom is -0.256 e. The third-order valence-corrected chi connectivity index (χ3v) is 13.3. The molecule has 2 heterocycles. The van der Waals surface area contributed by atoms with Crippen LogP contribution in [0.3, 0.4) is 0 Å². The zero-order valence-electron chi connectivity index (χ0n) is 29.6. The van der Waals surface area contributed by atoms with Gasteiger partial charge in [-0.15, -0.1) is 0 Å². The maximum absolute atomic E-state index is 5.08. The molecule has 0 radical (unpaired) electrons. The molecule has 0 saturated heterocycles. The van der Waals surface area contributed by atoms with Crippen molar-refractivity contribution in [1.29, 1.82) is 0 Å². The van der Waals surface area contributed by atoms with Crippen LogP contribution in [0.2, 0.25) is 39.3 Å². The predicted molar refractivity (Wildman–Crippen MR) is 216 cm³/mol. The quantitative estimate of drug-likeness (QED) is 0.150. The van der Waals surface area contributed by atoms with Gasteiger partial charge in [0, 0.05) is 28.5 Å². The molecule has 0 N–H and O–H groups in total. The fourth-order valence-corrected chi connectivity index (χ4v) is 8.44. The van der Waals surface area contributed by atoms with Crippen molar-refractivity contribution in [3.05, 3.63) is 146 Å². The van der Waals surface area contributed by atoms with Crippen molar-refractivity contribution in [2.75, 3.05) is 0 Å². The zero-order chi connectivity index (χ0) is 34.9. The van der Waals surface area contributed by atoms with Gasteiger partial charge < -0.3 is 0 Å². The molecule has 7 aromatic rings. The van der Waals surface area contributed by atoms with Gasteiger partial charge in [-0.3, -0.25) is 4.98 Å². The second-order valence-electron chi connectivity index (χ2n) is 14.9. The first-order valence-electron chi connectivity index (χ1n) is 17.2. The van der Waals surface area contributed by atoms with Crippen molar-refractivity contribution >= 4 is 26.5 Å². The Bertz CT molecular complexity index is 2190. The van der Waals surface area contributed by atoms with E-state index >= 15 is 0 Å². The van der Waals surface area contributed by atoms with Gasteiger partial charge in [-0.25, -0.2) is 15.0 Å². The van der Waals surface area contributed by atoms with E-state index in [1.807, 2.05) is 24.4 Å². The summed E-state index contributed by atoms with van der Waals surface area (Å²) in [6.45, 7) is 14.2. The van der Waals surface area contributed by atoms with Crippen LogP contribution in [0.25, 0.3) is 67.7 Å². The van der Waals surface area contributed by atoms with Crippen LogP contribution in [0.1, 0.15) is 0 Å². The summed E-state index contributed by atoms with van der Waals surface area (Å²) in [6, 6.07) is 49.4. The first-order chi connectivity index (χ1) is 24.0. The molecule has 0 bridgehead atoms. The highest BCUT2D eigenvalue weighted by molar-refractivity contribution is 6.89. The molecule has 0 amide bonds. The number of aromatic nitrogens is 4. The van der Waals surface area contributed by atoms with E-state index in [0.29, 0.717) is 17.5 Å². The molecule has 0 spiro atoms. The lowest BCUT2D eigenvalue weighted by Gasteiger charge is -2.17. The highest BCUT2D eigenvalue weighted by atomic mass is 28.3. The molecule has 0 aliphatic heterocycles. The fourth-order valence-electron chi connectivity index (χ4n) is 6.11. The van der Waals surface area contributed by atoms with Gasteiger partial charge in [0.05, 0.1) is 21.8 Å². The molecule has 0 saturated carbocycles. The van der Waals surface area contributed by atoms with Gasteiger partial charge in [0.2, 0.25) is 0 Å². The first-order valence-corrected chi connectivity index (χ1v) is 24.2. The Morgan fingerprint density at radius 2 is 0.720 bits per heavy atom. The molecule has 5 aromatic carbocycles. The average Bonchev–Trinajstić information content (AvgIpc) is 3.14. The number of hydrogen-bond acceptors (Lipinski definition) is 4. The SMILES string of the molecule is C[Si](C)(C)c1ccc(-c2nc(-c3ccc([Si](C)(C)C)cc3)nc(-c3cccc(-c4cccc(-c5cccc(-c6ccccn6)c5)c4)c3)n2)cc1. The van der Waals surface area contributed by atoms with E-state index in [-0.39, 0.29) is 0 Å². The summed E-state index contributed by atoms with van der Waals surface area (Å²) in [7, 11) is -2.88. The summed E-state index contributed by atoms with van der Waals surface area (Å²) in [6.07, 6.45) is 1.84. The number of hydrogen-bond donors (Lipinski definition) is 0. The molecule has 0 fully saturated rings. The molecule has 6 heteroatoms. The van der Waals surface area contributed by atoms with E-state index in [9.17, 15) is 0 Å². The van der Waals surface area contributed by atoms with Crippen molar-refractivity contribution in [1.82, 2.24) is 19.9 Å². The van der Waals surface area contributed by atoms with Gasteiger partial charge in [0.25, 0.3) is 0 Å². The van der Waals surface area contributed by atoms with Crippen LogP contribution in [0.4, 0.5) is 0 Å². The van der Waals surface area contributed by atoms with Crippen LogP contribution in [-0.4, -0.2) is 36.1 Å². The highest BCUT2D eigenvalue weighted by Crippen LogP contribution is 2.32. The summed E-state index contributed by atoms with van der Waals surface area (Å²) in [5, 5.41) is 2.83. The Balaban J connectivity index is 1.28. The minimum atomic E-state index is -1.44. The largest absolute Gasteiger partial charge is 0.256 e. The number of rotatable bonds is 8. The fraction of sp³-hybridized carbons (Fsp3) is 0.136. The number of pyridine rings is 1. The highest BCUT2D eigenvalue weighted by Gasteiger charge is 2.19. The van der Waals surface area contributed by atoms with Crippen molar-refractivity contribution in [3.63, 3.8) is 0 Å². The van der Waals surface area contributed by atoms with Gasteiger partial charge in [-0.1, -0.05) is 159 Å². The lowest BCUT2D eigenvalue weighted by molar-refractivity contribution is 1.07. The van der Waals surface area contributed by atoms with E-state index in [1.165, 1.54) is 10.4 Å². The lowest BCUT2D eigenvalue weighted by atomic mass is 9.96. The Morgan fingerprint density at radius 3 is 1.14 bits per heavy atom. The predicted octanol–water partition coefficient (Wildman–Crippen LogP) is 10.4. The van der Waals surface area contributed by atoms with E-state index < -0.39 is 16.1 Å². The first kappa shape index (κ1) is 33.2. The van der Waals surface area contributed by atoms with Crippen LogP contribution in [0.5, 0.6) is 0 Å². The Morgan fingerprint density at radius 1 is 0.340 bits per heavy atom. The van der Waals surface area contributed by atoms with Crippen LogP contribution in [0, 0.1) is 0 Å². The van der Waals surface area contributed by atoms with Gasteiger partial charge in [0.15, 0.2) is 17.5 Å². The Kier molecular flexibility index (Phi) is 8.99. The third kappa shape index (κ3) is 7.32. The molecule has 0 atom stereocenters. The Labute approximate surface area is 298 Å². The van der Waals surface area contributed by atoms with Gasteiger partial charge in [0.1, 0.15) is 0 Å². The molecule has 50 heavy (non-hydrogen) atoms. The minimum absolute atomic E-state index is 0.662. The standard InChI is InChI=1S/C44H42N4Si2/c1-49(2,3)39-23-19-31(20-24-39)42-46-43(32-21-25-40(26-22-32)50(4,5)6)48-44(47-42)38-17-11-15-36(30-38)34-13-9-12-33(28-34)35-14-10-16-37(29-35)41-18-7-8-27-45-41/h7-30H,1-6H3. The Hall–Kier alpha value is -5.31.